The zero-order valence-electron chi connectivity index (χ0n) is 22.6. The molecular formula is C29H29ClF2N6O3. The predicted molar refractivity (Wildman–Crippen MR) is 153 cm³/mol. The molecule has 0 aliphatic carbocycles. The van der Waals surface area contributed by atoms with E-state index in [1.54, 1.807) is 24.3 Å². The summed E-state index contributed by atoms with van der Waals surface area (Å²) in [5.74, 6) is -0.903. The molecule has 0 bridgehead atoms. The molecule has 1 amide bonds. The lowest BCUT2D eigenvalue weighted by atomic mass is 10.0. The number of rotatable bonds is 5. The molecule has 4 aromatic rings. The standard InChI is InChI=1S/C29H29ClF2N6O3/c1-16-14-37(11-12-38(16)29(39)40)27-20-13-33-25(19-7-3-5-17-8-9-21(31)23(30)22(17)19)24(32)26(20)34-28(35-27)41-15-18-6-4-10-36(18)2/h3,5,7-9,13,16,18H,4,6,10-12,14-15H2,1-2H3,(H,39,40). The van der Waals surface area contributed by atoms with E-state index in [0.717, 1.165) is 19.4 Å². The summed E-state index contributed by atoms with van der Waals surface area (Å²) in [7, 11) is 2.03. The minimum absolute atomic E-state index is 0.00706. The van der Waals surface area contributed by atoms with E-state index in [2.05, 4.69) is 19.9 Å². The van der Waals surface area contributed by atoms with Gasteiger partial charge < -0.3 is 24.5 Å². The molecule has 1 N–H and O–H groups in total. The first kappa shape index (κ1) is 27.3. The van der Waals surface area contributed by atoms with Crippen LogP contribution in [0.15, 0.2) is 36.5 Å². The maximum absolute atomic E-state index is 16.4. The van der Waals surface area contributed by atoms with Gasteiger partial charge in [0.15, 0.2) is 5.82 Å². The maximum atomic E-state index is 16.4. The fourth-order valence-corrected chi connectivity index (χ4v) is 6.09. The number of benzene rings is 2. The molecule has 12 heteroatoms. The zero-order valence-corrected chi connectivity index (χ0v) is 23.4. The normalized spacial score (nSPS) is 19.8. The number of fused-ring (bicyclic) bond motifs is 2. The second-order valence-electron chi connectivity index (χ2n) is 10.6. The van der Waals surface area contributed by atoms with Crippen molar-refractivity contribution >= 4 is 45.2 Å². The fourth-order valence-electron chi connectivity index (χ4n) is 5.82. The van der Waals surface area contributed by atoms with Crippen molar-refractivity contribution in [1.82, 2.24) is 24.8 Å². The second kappa shape index (κ2) is 10.9. The number of hydrogen-bond acceptors (Lipinski definition) is 7. The van der Waals surface area contributed by atoms with Crippen LogP contribution in [0.3, 0.4) is 0 Å². The number of aromatic nitrogens is 3. The van der Waals surface area contributed by atoms with Gasteiger partial charge in [-0.05, 0) is 44.8 Å². The van der Waals surface area contributed by atoms with Gasteiger partial charge in [0.2, 0.25) is 0 Å². The van der Waals surface area contributed by atoms with Crippen LogP contribution >= 0.6 is 11.6 Å². The van der Waals surface area contributed by atoms with Gasteiger partial charge in [0.1, 0.15) is 29.5 Å². The molecule has 2 aromatic carbocycles. The molecule has 2 saturated heterocycles. The summed E-state index contributed by atoms with van der Waals surface area (Å²) in [5.41, 5.74) is 0.323. The van der Waals surface area contributed by atoms with Crippen molar-refractivity contribution in [2.24, 2.45) is 0 Å². The van der Waals surface area contributed by atoms with E-state index >= 15 is 4.39 Å². The highest BCUT2D eigenvalue weighted by molar-refractivity contribution is 6.36. The quantitative estimate of drug-likeness (QED) is 0.332. The Balaban J connectivity index is 1.47. The lowest BCUT2D eigenvalue weighted by Gasteiger charge is -2.39. The Morgan fingerprint density at radius 1 is 1.17 bits per heavy atom. The number of nitrogens with zero attached hydrogens (tertiary/aromatic N) is 6. The Kier molecular flexibility index (Phi) is 7.25. The molecule has 4 heterocycles. The molecule has 2 aliphatic heterocycles. The Labute approximate surface area is 240 Å². The van der Waals surface area contributed by atoms with E-state index in [1.165, 1.54) is 17.2 Å². The van der Waals surface area contributed by atoms with Crippen molar-refractivity contribution in [3.8, 4) is 17.3 Å². The lowest BCUT2D eigenvalue weighted by Crippen LogP contribution is -2.54. The highest BCUT2D eigenvalue weighted by Gasteiger charge is 2.31. The molecule has 2 fully saturated rings. The SMILES string of the molecule is CC1CN(c2nc(OCC3CCCN3C)nc3c(F)c(-c4cccc5ccc(F)c(Cl)c45)ncc23)CCN1C(=O)O. The topological polar surface area (TPSA) is 94.9 Å². The van der Waals surface area contributed by atoms with Crippen molar-refractivity contribution in [1.29, 1.82) is 0 Å². The highest BCUT2D eigenvalue weighted by Crippen LogP contribution is 2.38. The smallest absolute Gasteiger partial charge is 0.407 e. The number of carboxylic acid groups (broad SMARTS) is 1. The van der Waals surface area contributed by atoms with Crippen molar-refractivity contribution in [3.63, 3.8) is 0 Å². The van der Waals surface area contributed by atoms with E-state index in [1.807, 2.05) is 18.9 Å². The third-order valence-corrected chi connectivity index (χ3v) is 8.45. The summed E-state index contributed by atoms with van der Waals surface area (Å²) in [6.07, 6.45) is 2.55. The largest absolute Gasteiger partial charge is 0.465 e. The van der Waals surface area contributed by atoms with Crippen LogP contribution in [0.2, 0.25) is 5.02 Å². The summed E-state index contributed by atoms with van der Waals surface area (Å²) in [4.78, 5) is 30.7. The number of piperazine rings is 1. The predicted octanol–water partition coefficient (Wildman–Crippen LogP) is 5.44. The summed E-state index contributed by atoms with van der Waals surface area (Å²) in [6, 6.07) is 7.92. The van der Waals surface area contributed by atoms with E-state index < -0.39 is 17.7 Å². The first-order valence-corrected chi connectivity index (χ1v) is 13.9. The van der Waals surface area contributed by atoms with Gasteiger partial charge in [-0.1, -0.05) is 35.9 Å². The Bertz CT molecular complexity index is 1660. The summed E-state index contributed by atoms with van der Waals surface area (Å²) in [6.45, 7) is 4.11. The summed E-state index contributed by atoms with van der Waals surface area (Å²) in [5, 5.41) is 10.8. The monoisotopic (exact) mass is 582 g/mol. The van der Waals surface area contributed by atoms with Crippen molar-refractivity contribution in [3.05, 3.63) is 53.2 Å². The molecule has 0 spiro atoms. The third-order valence-electron chi connectivity index (χ3n) is 8.08. The van der Waals surface area contributed by atoms with E-state index in [0.29, 0.717) is 47.2 Å². The average molecular weight is 583 g/mol. The number of hydrogen-bond donors (Lipinski definition) is 1. The van der Waals surface area contributed by atoms with E-state index in [4.69, 9.17) is 16.3 Å². The minimum Gasteiger partial charge on any atom is -0.465 e. The first-order valence-electron chi connectivity index (χ1n) is 13.5. The number of ether oxygens (including phenoxy) is 1. The number of likely N-dealkylation sites (tertiary alicyclic amines) is 1. The van der Waals surface area contributed by atoms with Crippen LogP contribution in [-0.2, 0) is 0 Å². The molecule has 2 aromatic heterocycles. The summed E-state index contributed by atoms with van der Waals surface area (Å²) < 4.78 is 36.9. The third kappa shape index (κ3) is 4.97. The number of halogens is 3. The zero-order chi connectivity index (χ0) is 28.8. The van der Waals surface area contributed by atoms with Gasteiger partial charge in [0.25, 0.3) is 0 Å². The molecule has 6 rings (SSSR count). The van der Waals surface area contributed by atoms with Gasteiger partial charge in [0, 0.05) is 48.9 Å². The Morgan fingerprint density at radius 2 is 2.00 bits per heavy atom. The van der Waals surface area contributed by atoms with Crippen LogP contribution in [-0.4, -0.2) is 87.9 Å². The van der Waals surface area contributed by atoms with Crippen molar-refractivity contribution < 1.29 is 23.4 Å². The number of pyridine rings is 1. The van der Waals surface area contributed by atoms with Crippen LogP contribution in [0.5, 0.6) is 6.01 Å². The van der Waals surface area contributed by atoms with Gasteiger partial charge >= 0.3 is 12.1 Å². The van der Waals surface area contributed by atoms with Crippen LogP contribution < -0.4 is 9.64 Å². The lowest BCUT2D eigenvalue weighted by molar-refractivity contribution is 0.122. The number of amides is 1. The minimum atomic E-state index is -0.989. The number of likely N-dealkylation sites (N-methyl/N-ethyl adjacent to an activating group) is 1. The highest BCUT2D eigenvalue weighted by atomic mass is 35.5. The van der Waals surface area contributed by atoms with Gasteiger partial charge in [-0.25, -0.2) is 13.6 Å². The van der Waals surface area contributed by atoms with Crippen molar-refractivity contribution in [2.45, 2.75) is 31.8 Å². The van der Waals surface area contributed by atoms with Gasteiger partial charge in [-0.15, -0.1) is 0 Å². The number of carbonyl (C=O) groups is 1. The van der Waals surface area contributed by atoms with E-state index in [9.17, 15) is 14.3 Å². The van der Waals surface area contributed by atoms with Crippen LogP contribution in [0.25, 0.3) is 32.9 Å². The Morgan fingerprint density at radius 3 is 2.73 bits per heavy atom. The maximum Gasteiger partial charge on any atom is 0.407 e. The molecular weight excluding hydrogens is 554 g/mol. The molecule has 2 aliphatic rings. The molecule has 2 atom stereocenters. The van der Waals surface area contributed by atoms with Crippen LogP contribution in [0, 0.1) is 11.6 Å². The molecule has 9 nitrogen and oxygen atoms in total. The molecule has 0 saturated carbocycles. The fraction of sp³-hybridized carbons (Fsp3) is 0.379. The van der Waals surface area contributed by atoms with E-state index in [-0.39, 0.29) is 40.9 Å². The van der Waals surface area contributed by atoms with Gasteiger partial charge in [-0.2, -0.15) is 9.97 Å². The Hall–Kier alpha value is -3.83. The molecule has 41 heavy (non-hydrogen) atoms. The second-order valence-corrected chi connectivity index (χ2v) is 11.0. The van der Waals surface area contributed by atoms with Crippen molar-refractivity contribution in [2.75, 3.05) is 44.7 Å². The molecule has 214 valence electrons. The van der Waals surface area contributed by atoms with Gasteiger partial charge in [-0.3, -0.25) is 4.98 Å². The first-order chi connectivity index (χ1) is 19.7. The average Bonchev–Trinajstić information content (AvgIpc) is 3.38. The van der Waals surface area contributed by atoms with Crippen LogP contribution in [0.4, 0.5) is 19.4 Å². The molecule has 2 unspecified atom stereocenters. The molecule has 0 radical (unpaired) electrons. The summed E-state index contributed by atoms with van der Waals surface area (Å²) >= 11 is 6.34. The van der Waals surface area contributed by atoms with Gasteiger partial charge in [0.05, 0.1) is 10.4 Å². The van der Waals surface area contributed by atoms with Crippen LogP contribution in [0.1, 0.15) is 19.8 Å². The number of anilines is 1.